The molecule has 2 aliphatic rings. The molecule has 0 aromatic carbocycles. The van der Waals surface area contributed by atoms with Crippen LogP contribution in [0.5, 0.6) is 0 Å². The van der Waals surface area contributed by atoms with Crippen LogP contribution in [0.1, 0.15) is 67.3 Å². The summed E-state index contributed by atoms with van der Waals surface area (Å²) in [7, 11) is 0. The molecule has 2 N–H and O–H groups in total. The highest BCUT2D eigenvalue weighted by Gasteiger charge is 2.28. The van der Waals surface area contributed by atoms with E-state index >= 15 is 0 Å². The molecular formula is C21H26N2O3S2. The second-order valence-electron chi connectivity index (χ2n) is 7.54. The van der Waals surface area contributed by atoms with Crippen LogP contribution in [0.4, 0.5) is 5.00 Å². The molecule has 1 aliphatic heterocycles. The predicted molar refractivity (Wildman–Crippen MR) is 114 cm³/mol. The van der Waals surface area contributed by atoms with E-state index in [2.05, 4.69) is 10.6 Å². The van der Waals surface area contributed by atoms with Crippen molar-refractivity contribution in [2.75, 3.05) is 18.5 Å². The lowest BCUT2D eigenvalue weighted by Crippen LogP contribution is -2.32. The molecule has 5 nitrogen and oxygen atoms in total. The third kappa shape index (κ3) is 3.88. The van der Waals surface area contributed by atoms with Gasteiger partial charge < -0.3 is 15.4 Å². The molecule has 1 saturated heterocycles. The fraction of sp³-hybridized carbons (Fsp3) is 0.524. The number of amides is 2. The summed E-state index contributed by atoms with van der Waals surface area (Å²) in [4.78, 5) is 28.3. The number of thiophene rings is 2. The fourth-order valence-electron chi connectivity index (χ4n) is 3.90. The van der Waals surface area contributed by atoms with E-state index in [-0.39, 0.29) is 17.9 Å². The number of hydrogen-bond donors (Lipinski definition) is 2. The van der Waals surface area contributed by atoms with Crippen LogP contribution in [0, 0.1) is 13.8 Å². The van der Waals surface area contributed by atoms with Gasteiger partial charge in [-0.2, -0.15) is 0 Å². The molecule has 1 aliphatic carbocycles. The Morgan fingerprint density at radius 2 is 2.00 bits per heavy atom. The maximum absolute atomic E-state index is 13.0. The van der Waals surface area contributed by atoms with Crippen LogP contribution in [0.2, 0.25) is 0 Å². The topological polar surface area (TPSA) is 67.4 Å². The molecule has 2 amide bonds. The first-order valence-corrected chi connectivity index (χ1v) is 11.6. The van der Waals surface area contributed by atoms with Gasteiger partial charge in [0.2, 0.25) is 0 Å². The van der Waals surface area contributed by atoms with E-state index in [0.717, 1.165) is 61.1 Å². The van der Waals surface area contributed by atoms with Crippen molar-refractivity contribution in [1.82, 2.24) is 5.32 Å². The Labute approximate surface area is 173 Å². The molecule has 0 saturated carbocycles. The molecule has 3 heterocycles. The van der Waals surface area contributed by atoms with Gasteiger partial charge in [0.15, 0.2) is 0 Å². The average Bonchev–Trinajstić information content (AvgIpc) is 3.40. The second-order valence-corrected chi connectivity index (χ2v) is 9.73. The lowest BCUT2D eigenvalue weighted by atomic mass is 9.95. The van der Waals surface area contributed by atoms with Crippen LogP contribution in [0.25, 0.3) is 0 Å². The second kappa shape index (κ2) is 8.35. The average molecular weight is 419 g/mol. The van der Waals surface area contributed by atoms with E-state index in [0.29, 0.717) is 22.7 Å². The highest BCUT2D eigenvalue weighted by atomic mass is 32.1. The molecular weight excluding hydrogens is 392 g/mol. The minimum Gasteiger partial charge on any atom is -0.376 e. The standard InChI is InChI=1S/C21H26N2O3S2/c1-12-13(2)27-11-16(12)19(24)23-21-18(15-7-3-4-8-17(15)28-21)20(25)22-10-14-6-5-9-26-14/h11,14H,3-10H2,1-2H3,(H,22,25)(H,23,24). The summed E-state index contributed by atoms with van der Waals surface area (Å²) in [5.41, 5.74) is 3.48. The first-order valence-electron chi connectivity index (χ1n) is 9.95. The van der Waals surface area contributed by atoms with E-state index in [1.165, 1.54) is 4.88 Å². The van der Waals surface area contributed by atoms with Gasteiger partial charge in [0, 0.05) is 28.3 Å². The Balaban J connectivity index is 1.57. The molecule has 150 valence electrons. The van der Waals surface area contributed by atoms with Crippen LogP contribution in [0.3, 0.4) is 0 Å². The number of hydrogen-bond acceptors (Lipinski definition) is 5. The zero-order valence-corrected chi connectivity index (χ0v) is 18.0. The zero-order valence-electron chi connectivity index (χ0n) is 16.4. The number of aryl methyl sites for hydroxylation is 2. The third-order valence-electron chi connectivity index (χ3n) is 5.67. The maximum atomic E-state index is 13.0. The summed E-state index contributed by atoms with van der Waals surface area (Å²) in [6, 6.07) is 0. The SMILES string of the molecule is Cc1scc(C(=O)Nc2sc3c(c2C(=O)NCC2CCCO2)CCCC3)c1C. The molecule has 2 aromatic heterocycles. The van der Waals surface area contributed by atoms with Gasteiger partial charge >= 0.3 is 0 Å². The van der Waals surface area contributed by atoms with E-state index in [1.54, 1.807) is 22.7 Å². The molecule has 1 atom stereocenters. The van der Waals surface area contributed by atoms with Gasteiger partial charge in [-0.05, 0) is 63.5 Å². The van der Waals surface area contributed by atoms with Gasteiger partial charge in [0.25, 0.3) is 11.8 Å². The van der Waals surface area contributed by atoms with E-state index in [4.69, 9.17) is 4.74 Å². The minimum absolute atomic E-state index is 0.0941. The minimum atomic E-state index is -0.131. The van der Waals surface area contributed by atoms with Crippen molar-refractivity contribution in [2.24, 2.45) is 0 Å². The van der Waals surface area contributed by atoms with Crippen molar-refractivity contribution in [3.63, 3.8) is 0 Å². The molecule has 1 fully saturated rings. The summed E-state index contributed by atoms with van der Waals surface area (Å²) in [5.74, 6) is -0.225. The smallest absolute Gasteiger partial charge is 0.257 e. The molecule has 7 heteroatoms. The maximum Gasteiger partial charge on any atom is 0.257 e. The number of carbonyl (C=O) groups excluding carboxylic acids is 2. The highest BCUT2D eigenvalue weighted by molar-refractivity contribution is 7.17. The number of fused-ring (bicyclic) bond motifs is 1. The molecule has 0 spiro atoms. The van der Waals surface area contributed by atoms with E-state index < -0.39 is 0 Å². The van der Waals surface area contributed by atoms with Crippen molar-refractivity contribution < 1.29 is 14.3 Å². The Hall–Kier alpha value is -1.70. The van der Waals surface area contributed by atoms with Crippen LogP contribution in [-0.4, -0.2) is 31.1 Å². The Kier molecular flexibility index (Phi) is 5.85. The summed E-state index contributed by atoms with van der Waals surface area (Å²) < 4.78 is 5.62. The lowest BCUT2D eigenvalue weighted by molar-refractivity contribution is 0.0858. The third-order valence-corrected chi connectivity index (χ3v) is 7.89. The molecule has 2 aromatic rings. The molecule has 1 unspecified atom stereocenters. The number of nitrogens with one attached hydrogen (secondary N) is 2. The van der Waals surface area contributed by atoms with E-state index in [1.807, 2.05) is 19.2 Å². The van der Waals surface area contributed by atoms with Crippen molar-refractivity contribution in [2.45, 2.75) is 58.5 Å². The normalized spacial score (nSPS) is 18.7. The first kappa shape index (κ1) is 19.6. The van der Waals surface area contributed by atoms with Crippen LogP contribution in [-0.2, 0) is 17.6 Å². The van der Waals surface area contributed by atoms with Crippen molar-refractivity contribution in [3.8, 4) is 0 Å². The van der Waals surface area contributed by atoms with Crippen LogP contribution < -0.4 is 10.6 Å². The number of anilines is 1. The van der Waals surface area contributed by atoms with Gasteiger partial charge in [-0.25, -0.2) is 0 Å². The van der Waals surface area contributed by atoms with Gasteiger partial charge in [0.1, 0.15) is 5.00 Å². The molecule has 0 radical (unpaired) electrons. The van der Waals surface area contributed by atoms with Crippen molar-refractivity contribution >= 4 is 39.5 Å². The number of ether oxygens (including phenoxy) is 1. The monoisotopic (exact) mass is 418 g/mol. The highest BCUT2D eigenvalue weighted by Crippen LogP contribution is 2.38. The predicted octanol–water partition coefficient (Wildman–Crippen LogP) is 4.47. The van der Waals surface area contributed by atoms with Gasteiger partial charge in [-0.3, -0.25) is 9.59 Å². The van der Waals surface area contributed by atoms with Gasteiger partial charge in [-0.1, -0.05) is 0 Å². The Morgan fingerprint density at radius 3 is 2.71 bits per heavy atom. The summed E-state index contributed by atoms with van der Waals surface area (Å²) >= 11 is 3.14. The zero-order chi connectivity index (χ0) is 19.7. The molecule has 28 heavy (non-hydrogen) atoms. The largest absolute Gasteiger partial charge is 0.376 e. The first-order chi connectivity index (χ1) is 13.5. The van der Waals surface area contributed by atoms with Crippen molar-refractivity contribution in [1.29, 1.82) is 0 Å². The number of rotatable bonds is 5. The summed E-state index contributed by atoms with van der Waals surface area (Å²) in [5, 5.41) is 8.66. The van der Waals surface area contributed by atoms with Gasteiger partial charge in [0.05, 0.1) is 17.2 Å². The lowest BCUT2D eigenvalue weighted by Gasteiger charge is -2.15. The van der Waals surface area contributed by atoms with E-state index in [9.17, 15) is 9.59 Å². The Bertz CT molecular complexity index is 894. The van der Waals surface area contributed by atoms with Crippen LogP contribution in [0.15, 0.2) is 5.38 Å². The quantitative estimate of drug-likeness (QED) is 0.753. The van der Waals surface area contributed by atoms with Crippen molar-refractivity contribution in [3.05, 3.63) is 37.4 Å². The fourth-order valence-corrected chi connectivity index (χ4v) is 6.05. The number of carbonyl (C=O) groups is 2. The summed E-state index contributed by atoms with van der Waals surface area (Å²) in [6.07, 6.45) is 6.26. The Morgan fingerprint density at radius 1 is 1.18 bits per heavy atom. The summed E-state index contributed by atoms with van der Waals surface area (Å²) in [6.45, 7) is 5.29. The molecule has 4 rings (SSSR count). The van der Waals surface area contributed by atoms with Gasteiger partial charge in [-0.15, -0.1) is 22.7 Å². The van der Waals surface area contributed by atoms with Crippen LogP contribution >= 0.6 is 22.7 Å². The molecule has 0 bridgehead atoms.